The molecule has 0 radical (unpaired) electrons. The van der Waals surface area contributed by atoms with E-state index in [4.69, 9.17) is 16.6 Å². The SMILES string of the molecule is CN1C(=O)C2C(=NC(CN3CCN(c4ccccc4)CC3)=[N+]2Cc2ccc(Cl)cc2)N(C)C1=O. The molecule has 3 aliphatic heterocycles. The minimum absolute atomic E-state index is 0.250. The van der Waals surface area contributed by atoms with Crippen molar-refractivity contribution in [2.24, 2.45) is 4.99 Å². The zero-order chi connectivity index (χ0) is 23.8. The number of carbonyl (C=O) groups is 2. The molecular weight excluding hydrogens is 452 g/mol. The van der Waals surface area contributed by atoms with Crippen LogP contribution in [0.25, 0.3) is 0 Å². The third-order valence-corrected chi connectivity index (χ3v) is 6.99. The number of amidine groups is 2. The molecule has 34 heavy (non-hydrogen) atoms. The molecule has 0 aromatic heterocycles. The largest absolute Gasteiger partial charge is 0.369 e. The van der Waals surface area contributed by atoms with Gasteiger partial charge in [-0.05, 0) is 34.8 Å². The molecule has 2 aromatic rings. The van der Waals surface area contributed by atoms with E-state index in [1.807, 2.05) is 34.9 Å². The molecular formula is C25H28ClN6O2+. The fourth-order valence-electron chi connectivity index (χ4n) is 4.75. The van der Waals surface area contributed by atoms with Crippen LogP contribution in [0.2, 0.25) is 5.02 Å². The molecule has 1 unspecified atom stereocenters. The maximum Gasteiger partial charge on any atom is 0.333 e. The second-order valence-corrected chi connectivity index (χ2v) is 9.32. The minimum Gasteiger partial charge on any atom is -0.369 e. The fraction of sp³-hybridized carbons (Fsp3) is 0.360. The summed E-state index contributed by atoms with van der Waals surface area (Å²) in [7, 11) is 3.21. The van der Waals surface area contributed by atoms with Crippen molar-refractivity contribution in [3.63, 3.8) is 0 Å². The lowest BCUT2D eigenvalue weighted by molar-refractivity contribution is -0.552. The van der Waals surface area contributed by atoms with Crippen LogP contribution in [0.1, 0.15) is 5.56 Å². The van der Waals surface area contributed by atoms with Crippen molar-refractivity contribution >= 4 is 40.9 Å². The number of nitrogens with zero attached hydrogens (tertiary/aromatic N) is 6. The molecule has 0 bridgehead atoms. The van der Waals surface area contributed by atoms with Crippen LogP contribution in [0.15, 0.2) is 59.6 Å². The molecule has 9 heteroatoms. The Bertz CT molecular complexity index is 1160. The zero-order valence-corrected chi connectivity index (χ0v) is 20.1. The van der Waals surface area contributed by atoms with E-state index < -0.39 is 6.04 Å². The molecule has 0 aliphatic carbocycles. The topological polar surface area (TPSA) is 62.5 Å². The number of para-hydroxylation sites is 1. The van der Waals surface area contributed by atoms with Crippen molar-refractivity contribution < 1.29 is 14.2 Å². The van der Waals surface area contributed by atoms with Gasteiger partial charge < -0.3 is 4.90 Å². The van der Waals surface area contributed by atoms with Gasteiger partial charge in [0.25, 0.3) is 17.8 Å². The predicted molar refractivity (Wildman–Crippen MR) is 133 cm³/mol. The summed E-state index contributed by atoms with van der Waals surface area (Å²) < 4.78 is 2.03. The Morgan fingerprint density at radius 2 is 1.62 bits per heavy atom. The highest BCUT2D eigenvalue weighted by molar-refractivity contribution is 6.30. The maximum absolute atomic E-state index is 13.2. The van der Waals surface area contributed by atoms with Gasteiger partial charge in [-0.1, -0.05) is 41.9 Å². The Morgan fingerprint density at radius 1 is 0.941 bits per heavy atom. The Morgan fingerprint density at radius 3 is 2.29 bits per heavy atom. The number of aliphatic imine (C=N–C) groups is 1. The van der Waals surface area contributed by atoms with Gasteiger partial charge in [0.05, 0.1) is 0 Å². The van der Waals surface area contributed by atoms with Gasteiger partial charge in [-0.25, -0.2) is 9.37 Å². The summed E-state index contributed by atoms with van der Waals surface area (Å²) in [5.74, 6) is 1.06. The van der Waals surface area contributed by atoms with Crippen LogP contribution >= 0.6 is 11.6 Å². The standard InChI is InChI=1S/C25H28ClN6O2/c1-28-23-22(24(33)29(2)25(28)34)32(16-18-8-10-19(26)11-9-18)21(27-23)17-30-12-14-31(15-13-30)20-6-4-3-5-7-20/h3-11,22H,12-17H2,1-2H3/q+1. The Hall–Kier alpha value is -3.23. The van der Waals surface area contributed by atoms with Crippen molar-refractivity contribution in [3.05, 3.63) is 65.2 Å². The van der Waals surface area contributed by atoms with E-state index in [1.165, 1.54) is 22.5 Å². The smallest absolute Gasteiger partial charge is 0.333 e. The molecule has 2 fully saturated rings. The van der Waals surface area contributed by atoms with Gasteiger partial charge in [0.2, 0.25) is 0 Å². The normalized spacial score (nSPS) is 21.3. The van der Waals surface area contributed by atoms with Crippen molar-refractivity contribution in [1.82, 2.24) is 14.7 Å². The summed E-state index contributed by atoms with van der Waals surface area (Å²) in [4.78, 5) is 37.9. The maximum atomic E-state index is 13.2. The van der Waals surface area contributed by atoms with Crippen LogP contribution in [0.4, 0.5) is 10.5 Å². The lowest BCUT2D eigenvalue weighted by atomic mass is 10.1. The number of carbonyl (C=O) groups excluding carboxylic acids is 2. The highest BCUT2D eigenvalue weighted by Crippen LogP contribution is 2.22. The number of hydrogen-bond acceptors (Lipinski definition) is 5. The quantitative estimate of drug-likeness (QED) is 0.618. The first-order valence-corrected chi connectivity index (χ1v) is 11.8. The number of halogens is 1. The Balaban J connectivity index is 1.39. The molecule has 2 aromatic carbocycles. The summed E-state index contributed by atoms with van der Waals surface area (Å²) in [5, 5.41) is 0.668. The van der Waals surface area contributed by atoms with Crippen LogP contribution in [0.3, 0.4) is 0 Å². The number of fused-ring (bicyclic) bond motifs is 1. The summed E-state index contributed by atoms with van der Waals surface area (Å²) >= 11 is 6.07. The van der Waals surface area contributed by atoms with Crippen molar-refractivity contribution in [1.29, 1.82) is 0 Å². The van der Waals surface area contributed by atoms with Crippen molar-refractivity contribution in [2.75, 3.05) is 51.7 Å². The number of rotatable bonds is 5. The highest BCUT2D eigenvalue weighted by Gasteiger charge is 2.53. The molecule has 2 saturated heterocycles. The van der Waals surface area contributed by atoms with Gasteiger partial charge >= 0.3 is 11.9 Å². The molecule has 1 atom stereocenters. The number of imide groups is 1. The molecule has 176 valence electrons. The molecule has 3 amide bonds. The van der Waals surface area contributed by atoms with E-state index in [9.17, 15) is 9.59 Å². The fourth-order valence-corrected chi connectivity index (χ4v) is 4.87. The molecule has 8 nitrogen and oxygen atoms in total. The van der Waals surface area contributed by atoms with E-state index in [-0.39, 0.29) is 11.9 Å². The second kappa shape index (κ2) is 9.19. The monoisotopic (exact) mass is 479 g/mol. The van der Waals surface area contributed by atoms with E-state index in [2.05, 4.69) is 34.1 Å². The van der Waals surface area contributed by atoms with E-state index in [0.29, 0.717) is 23.9 Å². The third kappa shape index (κ3) is 4.19. The molecule has 0 spiro atoms. The number of likely N-dealkylation sites (N-methyl/N-ethyl adjacent to an activating group) is 2. The summed E-state index contributed by atoms with van der Waals surface area (Å²) in [6.07, 6.45) is 0. The first kappa shape index (κ1) is 22.6. The number of anilines is 1. The van der Waals surface area contributed by atoms with Gasteiger partial charge in [-0.3, -0.25) is 19.5 Å². The average molecular weight is 480 g/mol. The minimum atomic E-state index is -0.607. The molecule has 5 rings (SSSR count). The molecule has 0 saturated carbocycles. The Labute approximate surface area is 204 Å². The lowest BCUT2D eigenvalue weighted by Crippen LogP contribution is -2.61. The molecule has 3 heterocycles. The average Bonchev–Trinajstić information content (AvgIpc) is 3.21. The highest BCUT2D eigenvalue weighted by atomic mass is 35.5. The van der Waals surface area contributed by atoms with Crippen LogP contribution in [-0.4, -0.2) is 95.7 Å². The predicted octanol–water partition coefficient (Wildman–Crippen LogP) is 2.38. The van der Waals surface area contributed by atoms with Crippen LogP contribution in [0.5, 0.6) is 0 Å². The van der Waals surface area contributed by atoms with Crippen molar-refractivity contribution in [3.8, 4) is 0 Å². The lowest BCUT2D eigenvalue weighted by Gasteiger charge is -2.35. The second-order valence-electron chi connectivity index (χ2n) is 8.88. The van der Waals surface area contributed by atoms with Gasteiger partial charge in [0.1, 0.15) is 13.1 Å². The van der Waals surface area contributed by atoms with E-state index in [0.717, 1.165) is 37.6 Å². The molecule has 0 N–H and O–H groups in total. The van der Waals surface area contributed by atoms with Crippen LogP contribution in [-0.2, 0) is 11.3 Å². The van der Waals surface area contributed by atoms with Gasteiger partial charge in [0.15, 0.2) is 0 Å². The number of benzene rings is 2. The zero-order valence-electron chi connectivity index (χ0n) is 19.4. The van der Waals surface area contributed by atoms with Crippen LogP contribution in [0, 0.1) is 0 Å². The first-order chi connectivity index (χ1) is 16.4. The van der Waals surface area contributed by atoms with Crippen molar-refractivity contribution in [2.45, 2.75) is 12.6 Å². The Kier molecular flexibility index (Phi) is 6.10. The summed E-state index contributed by atoms with van der Waals surface area (Å²) in [6.45, 7) is 4.77. The third-order valence-electron chi connectivity index (χ3n) is 6.74. The number of amides is 3. The van der Waals surface area contributed by atoms with Gasteiger partial charge in [-0.2, -0.15) is 0 Å². The van der Waals surface area contributed by atoms with Crippen LogP contribution < -0.4 is 4.90 Å². The van der Waals surface area contributed by atoms with E-state index >= 15 is 0 Å². The summed E-state index contributed by atoms with van der Waals surface area (Å²) in [6, 6.07) is 17.1. The van der Waals surface area contributed by atoms with Gasteiger partial charge in [0, 0.05) is 51.0 Å². The number of urea groups is 1. The first-order valence-electron chi connectivity index (χ1n) is 11.5. The number of piperazine rings is 1. The van der Waals surface area contributed by atoms with E-state index in [1.54, 1.807) is 7.05 Å². The number of hydrogen-bond donors (Lipinski definition) is 0. The molecule has 3 aliphatic rings. The summed E-state index contributed by atoms with van der Waals surface area (Å²) in [5.41, 5.74) is 2.27. The van der Waals surface area contributed by atoms with Gasteiger partial charge in [-0.15, -0.1) is 0 Å².